The fraction of sp³-hybridized carbons (Fsp3) is 0.154. The average molecular weight is 448 g/mol. The zero-order valence-electron chi connectivity index (χ0n) is 17.1. The summed E-state index contributed by atoms with van der Waals surface area (Å²) < 4.78 is 25.2. The third-order valence-electron chi connectivity index (χ3n) is 5.64. The van der Waals surface area contributed by atoms with Crippen LogP contribution in [0.3, 0.4) is 0 Å². The molecule has 0 saturated heterocycles. The lowest BCUT2D eigenvalue weighted by Gasteiger charge is -2.22. The van der Waals surface area contributed by atoms with Crippen LogP contribution in [-0.4, -0.2) is 11.0 Å². The Kier molecular flexibility index (Phi) is 5.50. The normalized spacial score (nSPS) is 14.5. The molecule has 4 aromatic rings. The van der Waals surface area contributed by atoms with Crippen molar-refractivity contribution < 1.29 is 18.3 Å². The predicted molar refractivity (Wildman–Crippen MR) is 122 cm³/mol. The summed E-state index contributed by atoms with van der Waals surface area (Å²) in [6.45, 7) is -0.245. The lowest BCUT2D eigenvalue weighted by molar-refractivity contribution is 0.0470. The molecule has 0 unspecified atom stereocenters. The number of furan rings is 1. The SMILES string of the molecule is O=C(OCc1c(F)cccc1Cl)c1c2c(nc3ccccc13)C(=Cc1ccco1)CCC2. The number of nitrogens with zero attached hydrogens (tertiary/aromatic N) is 1. The molecule has 0 N–H and O–H groups in total. The maximum Gasteiger partial charge on any atom is 0.339 e. The van der Waals surface area contributed by atoms with E-state index in [2.05, 4.69) is 0 Å². The standard InChI is InChI=1S/C26H19ClFNO3/c27-21-10-4-11-22(28)20(21)15-32-26(30)24-18-8-1-2-12-23(18)29-25-16(6-3-9-19(24)25)14-17-7-5-13-31-17/h1-2,4-5,7-8,10-14H,3,6,9,15H2. The number of aromatic nitrogens is 1. The first-order valence-corrected chi connectivity index (χ1v) is 10.8. The molecule has 2 heterocycles. The summed E-state index contributed by atoms with van der Waals surface area (Å²) in [5.74, 6) is -0.282. The van der Waals surface area contributed by atoms with Gasteiger partial charge in [-0.3, -0.25) is 0 Å². The van der Waals surface area contributed by atoms with Crippen molar-refractivity contribution in [3.63, 3.8) is 0 Å². The van der Waals surface area contributed by atoms with Gasteiger partial charge >= 0.3 is 5.97 Å². The molecule has 0 amide bonds. The summed E-state index contributed by atoms with van der Waals surface area (Å²) in [7, 11) is 0. The second-order valence-electron chi connectivity index (χ2n) is 7.65. The first kappa shape index (κ1) is 20.5. The third kappa shape index (κ3) is 3.80. The summed E-state index contributed by atoms with van der Waals surface area (Å²) in [5, 5.41) is 0.943. The van der Waals surface area contributed by atoms with Crippen LogP contribution in [0.1, 0.15) is 45.8 Å². The molecule has 0 aliphatic heterocycles. The molecule has 5 rings (SSSR count). The molecule has 32 heavy (non-hydrogen) atoms. The van der Waals surface area contributed by atoms with Gasteiger partial charge in [0.1, 0.15) is 18.2 Å². The average Bonchev–Trinajstić information content (AvgIpc) is 3.30. The molecule has 0 fully saturated rings. The Morgan fingerprint density at radius 3 is 2.81 bits per heavy atom. The molecule has 0 saturated carbocycles. The molecule has 0 spiro atoms. The quantitative estimate of drug-likeness (QED) is 0.321. The number of carbonyl (C=O) groups is 1. The number of para-hydroxylation sites is 1. The highest BCUT2D eigenvalue weighted by Crippen LogP contribution is 2.36. The van der Waals surface area contributed by atoms with Crippen LogP contribution in [0, 0.1) is 5.82 Å². The first-order chi connectivity index (χ1) is 15.6. The summed E-state index contributed by atoms with van der Waals surface area (Å²) in [5.41, 5.74) is 3.98. The number of halogens is 2. The van der Waals surface area contributed by atoms with Crippen molar-refractivity contribution in [2.24, 2.45) is 0 Å². The van der Waals surface area contributed by atoms with Crippen molar-refractivity contribution in [1.29, 1.82) is 0 Å². The molecule has 6 heteroatoms. The van der Waals surface area contributed by atoms with Crippen molar-refractivity contribution in [3.05, 3.63) is 99.8 Å². The maximum atomic E-state index is 14.2. The van der Waals surface area contributed by atoms with Crippen molar-refractivity contribution in [1.82, 2.24) is 4.98 Å². The maximum absolute atomic E-state index is 14.2. The number of fused-ring (bicyclic) bond motifs is 2. The van der Waals surface area contributed by atoms with Gasteiger partial charge in [-0.05, 0) is 66.8 Å². The van der Waals surface area contributed by atoms with E-state index in [-0.39, 0.29) is 17.2 Å². The molecule has 1 aliphatic rings. The lowest BCUT2D eigenvalue weighted by Crippen LogP contribution is -2.15. The van der Waals surface area contributed by atoms with Crippen LogP contribution in [0.2, 0.25) is 5.02 Å². The van der Waals surface area contributed by atoms with Crippen molar-refractivity contribution >= 4 is 40.1 Å². The molecule has 1 aliphatic carbocycles. The Bertz CT molecular complexity index is 1320. The van der Waals surface area contributed by atoms with Gasteiger partial charge in [-0.2, -0.15) is 0 Å². The number of ether oxygens (including phenoxy) is 1. The van der Waals surface area contributed by atoms with Crippen LogP contribution in [0.5, 0.6) is 0 Å². The molecule has 160 valence electrons. The number of hydrogen-bond donors (Lipinski definition) is 0. The molecule has 2 aromatic carbocycles. The van der Waals surface area contributed by atoms with Gasteiger partial charge in [0.25, 0.3) is 0 Å². The van der Waals surface area contributed by atoms with E-state index in [1.165, 1.54) is 12.1 Å². The van der Waals surface area contributed by atoms with Gasteiger partial charge in [-0.25, -0.2) is 14.2 Å². The fourth-order valence-corrected chi connectivity index (χ4v) is 4.35. The van der Waals surface area contributed by atoms with Crippen LogP contribution in [0.4, 0.5) is 4.39 Å². The summed E-state index contributed by atoms with van der Waals surface area (Å²) in [6, 6.07) is 15.6. The second-order valence-corrected chi connectivity index (χ2v) is 8.05. The number of allylic oxidation sites excluding steroid dienone is 1. The third-order valence-corrected chi connectivity index (χ3v) is 6.00. The topological polar surface area (TPSA) is 52.3 Å². The molecule has 2 aromatic heterocycles. The molecule has 0 bridgehead atoms. The molecule has 0 atom stereocenters. The fourth-order valence-electron chi connectivity index (χ4n) is 4.13. The summed E-state index contributed by atoms with van der Waals surface area (Å²) >= 11 is 6.10. The van der Waals surface area contributed by atoms with Gasteiger partial charge in [0.2, 0.25) is 0 Å². The summed E-state index contributed by atoms with van der Waals surface area (Å²) in [4.78, 5) is 18.2. The Morgan fingerprint density at radius 1 is 1.12 bits per heavy atom. The highest BCUT2D eigenvalue weighted by molar-refractivity contribution is 6.31. The van der Waals surface area contributed by atoms with Gasteiger partial charge in [0, 0.05) is 10.9 Å². The van der Waals surface area contributed by atoms with Crippen LogP contribution in [0.15, 0.2) is 65.3 Å². The van der Waals surface area contributed by atoms with Gasteiger partial charge in [-0.1, -0.05) is 35.9 Å². The van der Waals surface area contributed by atoms with Crippen molar-refractivity contribution in [2.45, 2.75) is 25.9 Å². The Balaban J connectivity index is 1.59. The van der Waals surface area contributed by atoms with Gasteiger partial charge in [-0.15, -0.1) is 0 Å². The molecule has 4 nitrogen and oxygen atoms in total. The number of pyridine rings is 1. The number of carbonyl (C=O) groups excluding carboxylic acids is 1. The van der Waals surface area contributed by atoms with E-state index in [1.807, 2.05) is 42.5 Å². The summed E-state index contributed by atoms with van der Waals surface area (Å²) in [6.07, 6.45) is 6.00. The monoisotopic (exact) mass is 447 g/mol. The van der Waals surface area contributed by atoms with E-state index < -0.39 is 11.8 Å². The number of benzene rings is 2. The van der Waals surface area contributed by atoms with E-state index >= 15 is 0 Å². The highest BCUT2D eigenvalue weighted by Gasteiger charge is 2.26. The smallest absolute Gasteiger partial charge is 0.339 e. The zero-order valence-corrected chi connectivity index (χ0v) is 17.9. The van der Waals surface area contributed by atoms with E-state index in [4.69, 9.17) is 25.7 Å². The van der Waals surface area contributed by atoms with Crippen LogP contribution in [0.25, 0.3) is 22.6 Å². The molecular weight excluding hydrogens is 429 g/mol. The first-order valence-electron chi connectivity index (χ1n) is 10.4. The van der Waals surface area contributed by atoms with Crippen LogP contribution in [-0.2, 0) is 17.8 Å². The van der Waals surface area contributed by atoms with Gasteiger partial charge in [0.05, 0.1) is 28.1 Å². The Morgan fingerprint density at radius 2 is 2.00 bits per heavy atom. The minimum atomic E-state index is -0.515. The Labute approximate surface area is 189 Å². The van der Waals surface area contributed by atoms with E-state index in [1.54, 1.807) is 12.3 Å². The number of rotatable bonds is 4. The minimum Gasteiger partial charge on any atom is -0.465 e. The van der Waals surface area contributed by atoms with Crippen LogP contribution >= 0.6 is 11.6 Å². The predicted octanol–water partition coefficient (Wildman–Crippen LogP) is 6.85. The number of hydrogen-bond acceptors (Lipinski definition) is 4. The largest absolute Gasteiger partial charge is 0.465 e. The van der Waals surface area contributed by atoms with Gasteiger partial charge in [0.15, 0.2) is 0 Å². The van der Waals surface area contributed by atoms with E-state index in [9.17, 15) is 9.18 Å². The van der Waals surface area contributed by atoms with E-state index in [0.29, 0.717) is 17.5 Å². The number of esters is 1. The molecular formula is C26H19ClFNO3. The van der Waals surface area contributed by atoms with Crippen molar-refractivity contribution in [2.75, 3.05) is 0 Å². The van der Waals surface area contributed by atoms with Gasteiger partial charge < -0.3 is 9.15 Å². The second kappa shape index (κ2) is 8.60. The van der Waals surface area contributed by atoms with Crippen molar-refractivity contribution in [3.8, 4) is 0 Å². The minimum absolute atomic E-state index is 0.160. The van der Waals surface area contributed by atoms with Crippen LogP contribution < -0.4 is 0 Å². The molecule has 0 radical (unpaired) electrons. The lowest BCUT2D eigenvalue weighted by atomic mass is 9.86. The van der Waals surface area contributed by atoms with E-state index in [0.717, 1.165) is 40.8 Å². The Hall–Kier alpha value is -3.44. The highest BCUT2D eigenvalue weighted by atomic mass is 35.5. The zero-order chi connectivity index (χ0) is 22.1.